The summed E-state index contributed by atoms with van der Waals surface area (Å²) in [6.45, 7) is 1.39. The van der Waals surface area contributed by atoms with Crippen LogP contribution in [-0.4, -0.2) is 51.0 Å². The second-order valence-electron chi connectivity index (χ2n) is 7.26. The van der Waals surface area contributed by atoms with Crippen LogP contribution in [0.5, 0.6) is 0 Å². The molecule has 2 unspecified atom stereocenters. The first-order chi connectivity index (χ1) is 13.6. The summed E-state index contributed by atoms with van der Waals surface area (Å²) < 4.78 is 0. The molecule has 0 aliphatic carbocycles. The minimum atomic E-state index is 0.0604. The van der Waals surface area contributed by atoms with E-state index in [1.54, 1.807) is 7.05 Å². The maximum Gasteiger partial charge on any atom is 0.225 e. The second kappa shape index (κ2) is 9.37. The van der Waals surface area contributed by atoms with Crippen molar-refractivity contribution in [1.29, 1.82) is 0 Å². The molecule has 2 aromatic carbocycles. The van der Waals surface area contributed by atoms with E-state index in [1.165, 1.54) is 11.1 Å². The number of carbonyl (C=O) groups is 1. The van der Waals surface area contributed by atoms with Crippen molar-refractivity contribution in [1.82, 2.24) is 15.5 Å². The fraction of sp³-hybridized carbons (Fsp3) is 0.364. The Morgan fingerprint density at radius 2 is 1.86 bits per heavy atom. The van der Waals surface area contributed by atoms with E-state index in [0.717, 1.165) is 18.2 Å². The van der Waals surface area contributed by atoms with Crippen LogP contribution < -0.4 is 16.0 Å². The number of likely N-dealkylation sites (N-methyl/N-ethyl adjacent to an activating group) is 1. The number of aliphatic imine (C=N–C) groups is 1. The highest BCUT2D eigenvalue weighted by atomic mass is 16.1. The fourth-order valence-corrected chi connectivity index (χ4v) is 3.59. The zero-order chi connectivity index (χ0) is 19.9. The van der Waals surface area contributed by atoms with Crippen molar-refractivity contribution in [2.75, 3.05) is 39.5 Å². The number of nitrogens with zero attached hydrogens (tertiary/aromatic N) is 2. The molecule has 2 atom stereocenters. The van der Waals surface area contributed by atoms with Crippen LogP contribution in [0.15, 0.2) is 59.6 Å². The van der Waals surface area contributed by atoms with Gasteiger partial charge in [-0.15, -0.1) is 0 Å². The van der Waals surface area contributed by atoms with Crippen LogP contribution >= 0.6 is 0 Å². The summed E-state index contributed by atoms with van der Waals surface area (Å²) in [5.74, 6) is 0.929. The van der Waals surface area contributed by atoms with Crippen molar-refractivity contribution in [3.8, 4) is 0 Å². The zero-order valence-corrected chi connectivity index (χ0v) is 16.8. The normalized spacial score (nSPS) is 17.6. The minimum Gasteiger partial charge on any atom is -0.356 e. The molecule has 3 N–H and O–H groups in total. The Hall–Kier alpha value is -2.86. The van der Waals surface area contributed by atoms with Crippen molar-refractivity contribution in [2.24, 2.45) is 4.99 Å². The van der Waals surface area contributed by atoms with E-state index < -0.39 is 0 Å². The van der Waals surface area contributed by atoms with Crippen LogP contribution in [0.25, 0.3) is 0 Å². The third-order valence-electron chi connectivity index (χ3n) is 5.12. The summed E-state index contributed by atoms with van der Waals surface area (Å²) in [7, 11) is 5.92. The Balaban J connectivity index is 1.60. The SMILES string of the molecule is CN=C(NCC1CC(=O)Nc2ccccc21)NCC(c1ccccc1)N(C)C. The molecule has 1 amide bonds. The number of nitrogens with one attached hydrogen (secondary N) is 3. The molecule has 0 fully saturated rings. The molecule has 3 rings (SSSR count). The molecule has 2 aromatic rings. The molecule has 0 saturated heterocycles. The van der Waals surface area contributed by atoms with Gasteiger partial charge in [0, 0.05) is 38.2 Å². The molecular formula is C22H29N5O. The second-order valence-corrected chi connectivity index (χ2v) is 7.26. The summed E-state index contributed by atoms with van der Waals surface area (Å²) >= 11 is 0. The highest BCUT2D eigenvalue weighted by Gasteiger charge is 2.25. The number of amides is 1. The lowest BCUT2D eigenvalue weighted by Crippen LogP contribution is -2.43. The van der Waals surface area contributed by atoms with Gasteiger partial charge in [-0.2, -0.15) is 0 Å². The quantitative estimate of drug-likeness (QED) is 0.533. The van der Waals surface area contributed by atoms with Crippen molar-refractivity contribution in [2.45, 2.75) is 18.4 Å². The van der Waals surface area contributed by atoms with Gasteiger partial charge in [0.1, 0.15) is 0 Å². The Morgan fingerprint density at radius 1 is 1.14 bits per heavy atom. The van der Waals surface area contributed by atoms with Crippen LogP contribution in [0.3, 0.4) is 0 Å². The van der Waals surface area contributed by atoms with Crippen LogP contribution in [0.2, 0.25) is 0 Å². The molecule has 148 valence electrons. The maximum atomic E-state index is 12.0. The molecule has 6 heteroatoms. The number of hydrogen-bond acceptors (Lipinski definition) is 3. The van der Waals surface area contributed by atoms with Gasteiger partial charge in [-0.3, -0.25) is 9.79 Å². The van der Waals surface area contributed by atoms with Gasteiger partial charge in [0.15, 0.2) is 5.96 Å². The summed E-state index contributed by atoms with van der Waals surface area (Å²) in [6, 6.07) is 18.7. The van der Waals surface area contributed by atoms with Crippen LogP contribution in [-0.2, 0) is 4.79 Å². The third kappa shape index (κ3) is 4.89. The van der Waals surface area contributed by atoms with Gasteiger partial charge in [0.25, 0.3) is 0 Å². The average Bonchev–Trinajstić information content (AvgIpc) is 2.70. The average molecular weight is 380 g/mol. The van der Waals surface area contributed by atoms with Gasteiger partial charge in [0.2, 0.25) is 5.91 Å². The van der Waals surface area contributed by atoms with E-state index in [-0.39, 0.29) is 17.9 Å². The van der Waals surface area contributed by atoms with Crippen molar-refractivity contribution >= 4 is 17.6 Å². The topological polar surface area (TPSA) is 68.8 Å². The highest BCUT2D eigenvalue weighted by Crippen LogP contribution is 2.31. The summed E-state index contributed by atoms with van der Waals surface area (Å²) in [6.07, 6.45) is 0.478. The van der Waals surface area contributed by atoms with E-state index >= 15 is 0 Å². The number of hydrogen-bond donors (Lipinski definition) is 3. The van der Waals surface area contributed by atoms with Gasteiger partial charge in [-0.05, 0) is 31.3 Å². The molecule has 1 heterocycles. The highest BCUT2D eigenvalue weighted by molar-refractivity contribution is 5.94. The third-order valence-corrected chi connectivity index (χ3v) is 5.12. The Labute approximate surface area is 167 Å². The Bertz CT molecular complexity index is 819. The van der Waals surface area contributed by atoms with Gasteiger partial charge >= 0.3 is 0 Å². The molecule has 0 radical (unpaired) electrons. The molecule has 0 aromatic heterocycles. The van der Waals surface area contributed by atoms with Crippen molar-refractivity contribution in [3.05, 3.63) is 65.7 Å². The lowest BCUT2D eigenvalue weighted by atomic mass is 9.90. The number of anilines is 1. The van der Waals surface area contributed by atoms with Crippen LogP contribution in [0.1, 0.15) is 29.5 Å². The minimum absolute atomic E-state index is 0.0604. The molecular weight excluding hydrogens is 350 g/mol. The monoisotopic (exact) mass is 379 g/mol. The predicted octanol–water partition coefficient (Wildman–Crippen LogP) is 2.58. The van der Waals surface area contributed by atoms with E-state index in [2.05, 4.69) is 70.3 Å². The summed E-state index contributed by atoms with van der Waals surface area (Å²) in [5, 5.41) is 9.75. The Kier molecular flexibility index (Phi) is 6.66. The van der Waals surface area contributed by atoms with Gasteiger partial charge in [-0.25, -0.2) is 0 Å². The molecule has 0 bridgehead atoms. The zero-order valence-electron chi connectivity index (χ0n) is 16.8. The largest absolute Gasteiger partial charge is 0.356 e. The van der Waals surface area contributed by atoms with E-state index in [9.17, 15) is 4.79 Å². The van der Waals surface area contributed by atoms with Gasteiger partial charge in [0.05, 0.1) is 6.04 Å². The molecule has 1 aliphatic heterocycles. The maximum absolute atomic E-state index is 12.0. The number of carbonyl (C=O) groups excluding carboxylic acids is 1. The van der Waals surface area contributed by atoms with E-state index in [0.29, 0.717) is 13.0 Å². The number of rotatable bonds is 6. The van der Waals surface area contributed by atoms with E-state index in [4.69, 9.17) is 0 Å². The van der Waals surface area contributed by atoms with E-state index in [1.807, 2.05) is 24.3 Å². The van der Waals surface area contributed by atoms with Crippen molar-refractivity contribution in [3.63, 3.8) is 0 Å². The molecule has 28 heavy (non-hydrogen) atoms. The first-order valence-electron chi connectivity index (χ1n) is 9.63. The van der Waals surface area contributed by atoms with Crippen LogP contribution in [0, 0.1) is 0 Å². The Morgan fingerprint density at radius 3 is 2.57 bits per heavy atom. The molecule has 0 saturated carbocycles. The molecule has 6 nitrogen and oxygen atoms in total. The predicted molar refractivity (Wildman–Crippen MR) is 115 cm³/mol. The lowest BCUT2D eigenvalue weighted by Gasteiger charge is -2.28. The summed E-state index contributed by atoms with van der Waals surface area (Å²) in [4.78, 5) is 18.5. The number of guanidine groups is 1. The van der Waals surface area contributed by atoms with Gasteiger partial charge in [-0.1, -0.05) is 48.5 Å². The first kappa shape index (κ1) is 19.9. The number of para-hydroxylation sites is 1. The molecule has 0 spiro atoms. The first-order valence-corrected chi connectivity index (χ1v) is 9.63. The van der Waals surface area contributed by atoms with Crippen molar-refractivity contribution < 1.29 is 4.79 Å². The number of benzene rings is 2. The summed E-state index contributed by atoms with van der Waals surface area (Å²) in [5.41, 5.74) is 3.33. The molecule has 1 aliphatic rings. The number of fused-ring (bicyclic) bond motifs is 1. The smallest absolute Gasteiger partial charge is 0.225 e. The fourth-order valence-electron chi connectivity index (χ4n) is 3.59. The standard InChI is InChI=1S/C22H29N5O/c1-23-22(25-15-20(27(2)3)16-9-5-4-6-10-16)24-14-17-13-21(28)26-19-12-8-7-11-18(17)19/h4-12,17,20H,13-15H2,1-3H3,(H,26,28)(H2,23,24,25). The van der Waals surface area contributed by atoms with Crippen LogP contribution in [0.4, 0.5) is 5.69 Å². The van der Waals surface area contributed by atoms with Gasteiger partial charge < -0.3 is 20.9 Å². The lowest BCUT2D eigenvalue weighted by molar-refractivity contribution is -0.116.